The molecule has 2 fully saturated rings. The number of ether oxygens (including phenoxy) is 1. The van der Waals surface area contributed by atoms with Crippen molar-refractivity contribution in [2.24, 2.45) is 0 Å². The summed E-state index contributed by atoms with van der Waals surface area (Å²) in [6, 6.07) is 4.39. The summed E-state index contributed by atoms with van der Waals surface area (Å²) in [5.74, 6) is -0.323. The van der Waals surface area contributed by atoms with Gasteiger partial charge in [-0.3, -0.25) is 4.90 Å². The molecule has 2 aliphatic heterocycles. The summed E-state index contributed by atoms with van der Waals surface area (Å²) in [5, 5.41) is 6.28. The minimum atomic E-state index is -0.323. The first-order valence-electron chi connectivity index (χ1n) is 8.95. The topological polar surface area (TPSA) is 53.6 Å². The molecule has 0 bridgehead atoms. The lowest BCUT2D eigenvalue weighted by atomic mass is 10.0. The van der Waals surface area contributed by atoms with E-state index in [1.165, 1.54) is 6.07 Å². The van der Waals surface area contributed by atoms with Crippen molar-refractivity contribution in [1.29, 1.82) is 0 Å². The summed E-state index contributed by atoms with van der Waals surface area (Å²) in [4.78, 5) is 14.4. The van der Waals surface area contributed by atoms with E-state index < -0.39 is 0 Å². The molecule has 2 amide bonds. The maximum Gasteiger partial charge on any atom is 0.315 e. The van der Waals surface area contributed by atoms with Crippen molar-refractivity contribution in [3.05, 3.63) is 34.6 Å². The molecule has 0 radical (unpaired) electrons. The number of rotatable bonds is 5. The van der Waals surface area contributed by atoms with Crippen molar-refractivity contribution in [2.75, 3.05) is 32.8 Å². The third-order valence-electron chi connectivity index (χ3n) is 4.93. The minimum Gasteiger partial charge on any atom is -0.381 e. The lowest BCUT2D eigenvalue weighted by Crippen LogP contribution is -2.47. The van der Waals surface area contributed by atoms with Crippen molar-refractivity contribution in [1.82, 2.24) is 15.5 Å². The van der Waals surface area contributed by atoms with Crippen LogP contribution >= 0.6 is 11.6 Å². The van der Waals surface area contributed by atoms with E-state index in [-0.39, 0.29) is 23.9 Å². The number of nitrogens with one attached hydrogen (secondary N) is 2. The summed E-state index contributed by atoms with van der Waals surface area (Å²) in [5.41, 5.74) is 0.470. The van der Waals surface area contributed by atoms with Crippen LogP contribution in [0.4, 0.5) is 9.18 Å². The molecular weight excluding hydrogens is 345 g/mol. The van der Waals surface area contributed by atoms with Crippen LogP contribution in [0.1, 0.15) is 37.3 Å². The maximum absolute atomic E-state index is 14.4. The number of halogens is 2. The third kappa shape index (κ3) is 4.84. The number of benzene rings is 1. The van der Waals surface area contributed by atoms with Gasteiger partial charge in [0.25, 0.3) is 0 Å². The van der Waals surface area contributed by atoms with E-state index in [1.54, 1.807) is 12.1 Å². The molecule has 7 heteroatoms. The molecule has 1 unspecified atom stereocenters. The SMILES string of the molecule is O=C(NCC(c1c(F)cccc1Cl)N1CCCC1)NC1CCOCC1. The van der Waals surface area contributed by atoms with Crippen molar-refractivity contribution in [3.8, 4) is 0 Å². The van der Waals surface area contributed by atoms with Crippen molar-refractivity contribution in [3.63, 3.8) is 0 Å². The second-order valence-corrected chi connectivity index (χ2v) is 7.04. The van der Waals surface area contributed by atoms with Crippen molar-refractivity contribution >= 4 is 17.6 Å². The Labute approximate surface area is 152 Å². The molecule has 0 aliphatic carbocycles. The lowest BCUT2D eigenvalue weighted by molar-refractivity contribution is 0.0799. The Bertz CT molecular complexity index is 569. The number of carbonyl (C=O) groups excluding carboxylic acids is 1. The average Bonchev–Trinajstić information content (AvgIpc) is 3.12. The van der Waals surface area contributed by atoms with E-state index in [1.807, 2.05) is 0 Å². The van der Waals surface area contributed by atoms with Crippen LogP contribution in [0.25, 0.3) is 0 Å². The van der Waals surface area contributed by atoms with Crippen LogP contribution < -0.4 is 10.6 Å². The van der Waals surface area contributed by atoms with Gasteiger partial charge in [0.05, 0.1) is 6.04 Å². The van der Waals surface area contributed by atoms with Gasteiger partial charge in [0.1, 0.15) is 5.82 Å². The van der Waals surface area contributed by atoms with Crippen LogP contribution in [0, 0.1) is 5.82 Å². The number of nitrogens with zero attached hydrogens (tertiary/aromatic N) is 1. The fourth-order valence-corrected chi connectivity index (χ4v) is 3.85. The molecule has 1 aromatic carbocycles. The molecule has 0 aromatic heterocycles. The fourth-order valence-electron chi connectivity index (χ4n) is 3.56. The number of hydrogen-bond donors (Lipinski definition) is 2. The Morgan fingerprint density at radius 3 is 2.72 bits per heavy atom. The molecule has 3 rings (SSSR count). The Balaban J connectivity index is 1.65. The van der Waals surface area contributed by atoms with E-state index >= 15 is 0 Å². The fraction of sp³-hybridized carbons (Fsp3) is 0.611. The zero-order valence-corrected chi connectivity index (χ0v) is 15.0. The Kier molecular flexibility index (Phi) is 6.51. The highest BCUT2D eigenvalue weighted by atomic mass is 35.5. The second-order valence-electron chi connectivity index (χ2n) is 6.64. The highest BCUT2D eigenvalue weighted by Crippen LogP contribution is 2.31. The van der Waals surface area contributed by atoms with Crippen LogP contribution in [0.15, 0.2) is 18.2 Å². The number of carbonyl (C=O) groups is 1. The van der Waals surface area contributed by atoms with Crippen LogP contribution in [0.3, 0.4) is 0 Å². The summed E-state index contributed by atoms with van der Waals surface area (Å²) in [7, 11) is 0. The Morgan fingerprint density at radius 1 is 1.32 bits per heavy atom. The van der Waals surface area contributed by atoms with Crippen LogP contribution in [-0.2, 0) is 4.74 Å². The van der Waals surface area contributed by atoms with E-state index in [9.17, 15) is 9.18 Å². The second kappa shape index (κ2) is 8.83. The average molecular weight is 370 g/mol. The van der Waals surface area contributed by atoms with Gasteiger partial charge in [-0.1, -0.05) is 17.7 Å². The van der Waals surface area contributed by atoms with Gasteiger partial charge in [-0.2, -0.15) is 0 Å². The molecule has 25 heavy (non-hydrogen) atoms. The van der Waals surface area contributed by atoms with E-state index in [0.717, 1.165) is 38.8 Å². The van der Waals surface area contributed by atoms with Gasteiger partial charge < -0.3 is 15.4 Å². The molecule has 138 valence electrons. The molecule has 5 nitrogen and oxygen atoms in total. The van der Waals surface area contributed by atoms with Crippen molar-refractivity contribution < 1.29 is 13.9 Å². The monoisotopic (exact) mass is 369 g/mol. The zero-order chi connectivity index (χ0) is 17.6. The zero-order valence-electron chi connectivity index (χ0n) is 14.3. The predicted octanol–water partition coefficient (Wildman–Crippen LogP) is 3.09. The van der Waals surface area contributed by atoms with Gasteiger partial charge in [0.15, 0.2) is 0 Å². The van der Waals surface area contributed by atoms with Crippen molar-refractivity contribution in [2.45, 2.75) is 37.8 Å². The quantitative estimate of drug-likeness (QED) is 0.838. The largest absolute Gasteiger partial charge is 0.381 e. The van der Waals surface area contributed by atoms with Gasteiger partial charge in [0, 0.05) is 36.4 Å². The molecule has 2 aliphatic rings. The number of urea groups is 1. The standard InChI is InChI=1S/C18H25ClFN3O2/c19-14-4-3-5-15(20)17(14)16(23-8-1-2-9-23)12-21-18(24)22-13-6-10-25-11-7-13/h3-5,13,16H,1-2,6-12H2,(H2,21,22,24). The van der Waals surface area contributed by atoms with Crippen LogP contribution in [0.5, 0.6) is 0 Å². The van der Waals surface area contributed by atoms with Gasteiger partial charge in [0.2, 0.25) is 0 Å². The molecule has 2 saturated heterocycles. The number of amides is 2. The van der Waals surface area contributed by atoms with Gasteiger partial charge >= 0.3 is 6.03 Å². The van der Waals surface area contributed by atoms with Gasteiger partial charge in [-0.15, -0.1) is 0 Å². The normalized spacial score (nSPS) is 20.4. The Morgan fingerprint density at radius 2 is 2.04 bits per heavy atom. The highest BCUT2D eigenvalue weighted by Gasteiger charge is 2.28. The van der Waals surface area contributed by atoms with Crippen LogP contribution in [0.2, 0.25) is 5.02 Å². The van der Waals surface area contributed by atoms with E-state index in [0.29, 0.717) is 30.3 Å². The summed E-state index contributed by atoms with van der Waals surface area (Å²) < 4.78 is 19.7. The Hall–Kier alpha value is -1.37. The maximum atomic E-state index is 14.4. The number of likely N-dealkylation sites (tertiary alicyclic amines) is 1. The van der Waals surface area contributed by atoms with Gasteiger partial charge in [-0.05, 0) is 50.9 Å². The van der Waals surface area contributed by atoms with E-state index in [2.05, 4.69) is 15.5 Å². The third-order valence-corrected chi connectivity index (χ3v) is 5.26. The van der Waals surface area contributed by atoms with E-state index in [4.69, 9.17) is 16.3 Å². The molecule has 2 heterocycles. The molecule has 0 saturated carbocycles. The smallest absolute Gasteiger partial charge is 0.315 e. The summed E-state index contributed by atoms with van der Waals surface area (Å²) >= 11 is 6.26. The first-order chi connectivity index (χ1) is 12.1. The first kappa shape index (κ1) is 18.4. The predicted molar refractivity (Wildman–Crippen MR) is 95.3 cm³/mol. The lowest BCUT2D eigenvalue weighted by Gasteiger charge is -2.30. The molecule has 1 atom stereocenters. The van der Waals surface area contributed by atoms with Gasteiger partial charge in [-0.25, -0.2) is 9.18 Å². The highest BCUT2D eigenvalue weighted by molar-refractivity contribution is 6.31. The summed E-state index contributed by atoms with van der Waals surface area (Å²) in [6.45, 7) is 3.45. The molecule has 1 aromatic rings. The molecule has 2 N–H and O–H groups in total. The van der Waals surface area contributed by atoms with Crippen LogP contribution in [-0.4, -0.2) is 49.8 Å². The minimum absolute atomic E-state index is 0.135. The first-order valence-corrected chi connectivity index (χ1v) is 9.33. The molecule has 0 spiro atoms. The summed E-state index contributed by atoms with van der Waals surface area (Å²) in [6.07, 6.45) is 3.80. The number of hydrogen-bond acceptors (Lipinski definition) is 3. The molecular formula is C18H25ClFN3O2.